The number of fused-ring (bicyclic) bond motifs is 1. The standard InChI is InChI=1S/C11H10N6O3/c1-6-8(11(18)19)2-7(20-6)3-13-9-4-12-5-10-14-15-16-17(9)10/h2,4-5,13H,3H2,1H3,(H,18,19). The number of aryl methyl sites for hydroxylation is 1. The number of furan rings is 1. The smallest absolute Gasteiger partial charge is 0.339 e. The second-order valence-corrected chi connectivity index (χ2v) is 4.08. The van der Waals surface area contributed by atoms with E-state index in [0.29, 0.717) is 29.5 Å². The van der Waals surface area contributed by atoms with Crippen molar-refractivity contribution in [2.24, 2.45) is 0 Å². The number of aromatic carboxylic acids is 1. The molecule has 0 aliphatic heterocycles. The Morgan fingerprint density at radius 2 is 2.35 bits per heavy atom. The van der Waals surface area contributed by atoms with E-state index < -0.39 is 5.97 Å². The molecule has 3 heterocycles. The number of aromatic nitrogens is 5. The van der Waals surface area contributed by atoms with Crippen LogP contribution in [0.3, 0.4) is 0 Å². The van der Waals surface area contributed by atoms with Gasteiger partial charge in [0.1, 0.15) is 17.1 Å². The monoisotopic (exact) mass is 274 g/mol. The molecular formula is C11H10N6O3. The van der Waals surface area contributed by atoms with Gasteiger partial charge in [-0.15, -0.1) is 5.10 Å². The maximum atomic E-state index is 10.9. The zero-order chi connectivity index (χ0) is 14.1. The van der Waals surface area contributed by atoms with Crippen molar-refractivity contribution in [3.8, 4) is 0 Å². The fraction of sp³-hybridized carbons (Fsp3) is 0.182. The van der Waals surface area contributed by atoms with E-state index in [1.807, 2.05) is 0 Å². The van der Waals surface area contributed by atoms with E-state index in [2.05, 4.69) is 25.8 Å². The van der Waals surface area contributed by atoms with Crippen LogP contribution in [0.25, 0.3) is 5.65 Å². The topological polar surface area (TPSA) is 118 Å². The van der Waals surface area contributed by atoms with Crippen LogP contribution in [0.5, 0.6) is 0 Å². The third-order valence-electron chi connectivity index (χ3n) is 2.75. The third-order valence-corrected chi connectivity index (χ3v) is 2.75. The molecule has 0 radical (unpaired) electrons. The van der Waals surface area contributed by atoms with Crippen molar-refractivity contribution in [1.29, 1.82) is 0 Å². The zero-order valence-electron chi connectivity index (χ0n) is 10.4. The Kier molecular flexibility index (Phi) is 2.78. The van der Waals surface area contributed by atoms with Crippen molar-refractivity contribution in [3.05, 3.63) is 35.5 Å². The first-order chi connectivity index (χ1) is 9.65. The molecule has 9 heteroatoms. The summed E-state index contributed by atoms with van der Waals surface area (Å²) in [6, 6.07) is 1.48. The molecule has 3 aromatic rings. The summed E-state index contributed by atoms with van der Waals surface area (Å²) in [5.41, 5.74) is 0.664. The first-order valence-corrected chi connectivity index (χ1v) is 5.74. The number of carboxylic acids is 1. The highest BCUT2D eigenvalue weighted by atomic mass is 16.4. The molecule has 3 aromatic heterocycles. The Hall–Kier alpha value is -2.97. The molecule has 0 saturated carbocycles. The maximum absolute atomic E-state index is 10.9. The van der Waals surface area contributed by atoms with Crippen molar-refractivity contribution in [1.82, 2.24) is 25.0 Å². The average Bonchev–Trinajstić information content (AvgIpc) is 3.02. The summed E-state index contributed by atoms with van der Waals surface area (Å²) >= 11 is 0. The molecule has 0 atom stereocenters. The number of hydrogen-bond donors (Lipinski definition) is 2. The predicted octanol–water partition coefficient (Wildman–Crippen LogP) is 0.731. The summed E-state index contributed by atoms with van der Waals surface area (Å²) < 4.78 is 6.85. The van der Waals surface area contributed by atoms with Crippen molar-refractivity contribution in [3.63, 3.8) is 0 Å². The summed E-state index contributed by atoms with van der Waals surface area (Å²) in [4.78, 5) is 14.9. The van der Waals surface area contributed by atoms with Crippen molar-refractivity contribution < 1.29 is 14.3 Å². The van der Waals surface area contributed by atoms with Crippen LogP contribution in [-0.4, -0.2) is 36.1 Å². The third kappa shape index (κ3) is 2.05. The highest BCUT2D eigenvalue weighted by Gasteiger charge is 2.13. The van der Waals surface area contributed by atoms with Gasteiger partial charge in [0.15, 0.2) is 11.5 Å². The molecule has 0 amide bonds. The molecule has 102 valence electrons. The first-order valence-electron chi connectivity index (χ1n) is 5.74. The van der Waals surface area contributed by atoms with E-state index in [0.717, 1.165) is 0 Å². The van der Waals surface area contributed by atoms with Gasteiger partial charge in [0.25, 0.3) is 0 Å². The minimum atomic E-state index is -1.01. The van der Waals surface area contributed by atoms with Crippen molar-refractivity contribution >= 4 is 17.4 Å². The molecule has 0 spiro atoms. The summed E-state index contributed by atoms with van der Waals surface area (Å²) in [5.74, 6) is 0.443. The number of nitrogens with one attached hydrogen (secondary N) is 1. The van der Waals surface area contributed by atoms with E-state index >= 15 is 0 Å². The summed E-state index contributed by atoms with van der Waals surface area (Å²) in [7, 11) is 0. The van der Waals surface area contributed by atoms with Crippen molar-refractivity contribution in [2.45, 2.75) is 13.5 Å². The van der Waals surface area contributed by atoms with E-state index in [9.17, 15) is 4.79 Å². The van der Waals surface area contributed by atoms with Gasteiger partial charge in [-0.2, -0.15) is 4.52 Å². The molecule has 9 nitrogen and oxygen atoms in total. The lowest BCUT2D eigenvalue weighted by molar-refractivity contribution is 0.0695. The summed E-state index contributed by atoms with van der Waals surface area (Å²) in [6.45, 7) is 1.91. The highest BCUT2D eigenvalue weighted by Crippen LogP contribution is 2.16. The first kappa shape index (κ1) is 12.1. The SMILES string of the molecule is Cc1oc(CNc2cncc3nnnn23)cc1C(=O)O. The molecule has 0 aromatic carbocycles. The minimum Gasteiger partial charge on any atom is -0.478 e. The van der Waals surface area contributed by atoms with Gasteiger partial charge in [-0.25, -0.2) is 4.79 Å². The normalized spacial score (nSPS) is 10.8. The fourth-order valence-electron chi connectivity index (χ4n) is 1.82. The van der Waals surface area contributed by atoms with Crippen LogP contribution >= 0.6 is 0 Å². The minimum absolute atomic E-state index is 0.153. The van der Waals surface area contributed by atoms with Crippen LogP contribution in [0.15, 0.2) is 22.9 Å². The van der Waals surface area contributed by atoms with Crippen LogP contribution in [0.4, 0.5) is 5.82 Å². The second-order valence-electron chi connectivity index (χ2n) is 4.08. The van der Waals surface area contributed by atoms with Crippen LogP contribution in [0.2, 0.25) is 0 Å². The Bertz CT molecular complexity index is 777. The van der Waals surface area contributed by atoms with Gasteiger partial charge in [-0.05, 0) is 23.4 Å². The van der Waals surface area contributed by atoms with E-state index in [1.54, 1.807) is 13.1 Å². The second kappa shape index (κ2) is 4.61. The Balaban J connectivity index is 1.81. The molecule has 0 aliphatic carbocycles. The van der Waals surface area contributed by atoms with Crippen LogP contribution in [0, 0.1) is 6.92 Å². The largest absolute Gasteiger partial charge is 0.478 e. The number of anilines is 1. The van der Waals surface area contributed by atoms with E-state index in [4.69, 9.17) is 9.52 Å². The van der Waals surface area contributed by atoms with Crippen molar-refractivity contribution in [2.75, 3.05) is 5.32 Å². The number of rotatable bonds is 4. The molecule has 2 N–H and O–H groups in total. The molecule has 3 rings (SSSR count). The Morgan fingerprint density at radius 1 is 1.50 bits per heavy atom. The molecular weight excluding hydrogens is 264 g/mol. The molecule has 0 unspecified atom stereocenters. The average molecular weight is 274 g/mol. The lowest BCUT2D eigenvalue weighted by Crippen LogP contribution is -2.05. The van der Waals surface area contributed by atoms with Gasteiger partial charge < -0.3 is 14.8 Å². The van der Waals surface area contributed by atoms with Crippen LogP contribution in [-0.2, 0) is 6.54 Å². The summed E-state index contributed by atoms with van der Waals surface area (Å²) in [5, 5.41) is 23.1. The number of hydrogen-bond acceptors (Lipinski definition) is 7. The van der Waals surface area contributed by atoms with Crippen LogP contribution in [0.1, 0.15) is 21.9 Å². The molecule has 20 heavy (non-hydrogen) atoms. The van der Waals surface area contributed by atoms with E-state index in [1.165, 1.54) is 16.8 Å². The van der Waals surface area contributed by atoms with Gasteiger partial charge in [0.2, 0.25) is 0 Å². The number of carboxylic acid groups (broad SMARTS) is 1. The molecule has 0 fully saturated rings. The quantitative estimate of drug-likeness (QED) is 0.714. The number of carbonyl (C=O) groups is 1. The Morgan fingerprint density at radius 3 is 3.10 bits per heavy atom. The lowest BCUT2D eigenvalue weighted by atomic mass is 10.2. The van der Waals surface area contributed by atoms with Gasteiger partial charge in [0, 0.05) is 0 Å². The lowest BCUT2D eigenvalue weighted by Gasteiger charge is -2.04. The van der Waals surface area contributed by atoms with Gasteiger partial charge >= 0.3 is 5.97 Å². The van der Waals surface area contributed by atoms with E-state index in [-0.39, 0.29) is 5.56 Å². The van der Waals surface area contributed by atoms with Gasteiger partial charge in [-0.1, -0.05) is 0 Å². The van der Waals surface area contributed by atoms with Gasteiger partial charge in [-0.3, -0.25) is 4.98 Å². The van der Waals surface area contributed by atoms with Crippen LogP contribution < -0.4 is 5.32 Å². The molecule has 0 saturated heterocycles. The molecule has 0 aliphatic rings. The van der Waals surface area contributed by atoms with Gasteiger partial charge in [0.05, 0.1) is 18.9 Å². The zero-order valence-corrected chi connectivity index (χ0v) is 10.4. The predicted molar refractivity (Wildman–Crippen MR) is 66.3 cm³/mol. The highest BCUT2D eigenvalue weighted by molar-refractivity contribution is 5.88. The number of tetrazole rings is 1. The maximum Gasteiger partial charge on any atom is 0.339 e. The fourth-order valence-corrected chi connectivity index (χ4v) is 1.82. The molecule has 0 bridgehead atoms. The summed E-state index contributed by atoms with van der Waals surface area (Å²) in [6.07, 6.45) is 3.10. The Labute approximate surface area is 112 Å². The number of nitrogens with zero attached hydrogens (tertiary/aromatic N) is 5.